The minimum absolute atomic E-state index is 0.209. The molecule has 0 saturated heterocycles. The molecule has 0 heterocycles. The summed E-state index contributed by atoms with van der Waals surface area (Å²) >= 11 is 3.77. The fourth-order valence-electron chi connectivity index (χ4n) is 1.66. The first-order valence-corrected chi connectivity index (χ1v) is 7.99. The van der Waals surface area contributed by atoms with Gasteiger partial charge in [-0.2, -0.15) is 12.6 Å². The third kappa shape index (κ3) is 8.64. The summed E-state index contributed by atoms with van der Waals surface area (Å²) in [5, 5.41) is 33.3. The highest BCUT2D eigenvalue weighted by Crippen LogP contribution is 1.97. The summed E-state index contributed by atoms with van der Waals surface area (Å²) in [5.74, 6) is -5.56. The van der Waals surface area contributed by atoms with Crippen molar-refractivity contribution in [2.45, 2.75) is 37.6 Å². The molecule has 0 aliphatic heterocycles. The molecule has 13 heteroatoms. The zero-order valence-electron chi connectivity index (χ0n) is 13.8. The molecule has 26 heavy (non-hydrogen) atoms. The normalized spacial score (nSPS) is 15.1. The fraction of sp³-hybridized carbons (Fsp3) is 0.615. The fourth-order valence-corrected chi connectivity index (χ4v) is 1.90. The minimum Gasteiger partial charge on any atom is -0.481 e. The lowest BCUT2D eigenvalue weighted by molar-refractivity contribution is -0.142. The average Bonchev–Trinajstić information content (AvgIpc) is 2.53. The van der Waals surface area contributed by atoms with Crippen LogP contribution in [0.5, 0.6) is 0 Å². The Balaban J connectivity index is 4.68. The van der Waals surface area contributed by atoms with Crippen LogP contribution in [0.4, 0.5) is 0 Å². The van der Waals surface area contributed by atoms with Crippen molar-refractivity contribution in [3.63, 3.8) is 0 Å². The second-order valence-electron chi connectivity index (χ2n) is 5.29. The van der Waals surface area contributed by atoms with Gasteiger partial charge in [-0.25, -0.2) is 4.79 Å². The molecule has 0 bridgehead atoms. The van der Waals surface area contributed by atoms with Crippen molar-refractivity contribution in [3.05, 3.63) is 0 Å². The average molecular weight is 394 g/mol. The second-order valence-corrected chi connectivity index (χ2v) is 5.66. The molecule has 0 radical (unpaired) electrons. The molecule has 148 valence electrons. The number of nitrogens with one attached hydrogen (secondary N) is 3. The van der Waals surface area contributed by atoms with Crippen LogP contribution in [0.1, 0.15) is 13.3 Å². The van der Waals surface area contributed by atoms with Gasteiger partial charge in [0.1, 0.15) is 12.1 Å². The zero-order chi connectivity index (χ0) is 20.4. The minimum atomic E-state index is -1.48. The van der Waals surface area contributed by atoms with E-state index in [1.54, 1.807) is 0 Å². The molecular formula is C13H22N4O8S. The highest BCUT2D eigenvalue weighted by Gasteiger charge is 2.29. The van der Waals surface area contributed by atoms with Gasteiger partial charge in [0.25, 0.3) is 0 Å². The van der Waals surface area contributed by atoms with Crippen molar-refractivity contribution in [1.29, 1.82) is 0 Å². The molecule has 8 N–H and O–H groups in total. The van der Waals surface area contributed by atoms with Gasteiger partial charge in [0, 0.05) is 5.75 Å². The van der Waals surface area contributed by atoms with Crippen LogP contribution in [0.2, 0.25) is 0 Å². The maximum Gasteiger partial charge on any atom is 0.327 e. The van der Waals surface area contributed by atoms with E-state index in [-0.39, 0.29) is 5.75 Å². The van der Waals surface area contributed by atoms with Crippen molar-refractivity contribution in [2.75, 3.05) is 12.3 Å². The van der Waals surface area contributed by atoms with E-state index in [0.717, 1.165) is 0 Å². The summed E-state index contributed by atoms with van der Waals surface area (Å²) in [5.41, 5.74) is 5.31. The van der Waals surface area contributed by atoms with Gasteiger partial charge >= 0.3 is 11.9 Å². The Hall–Kier alpha value is -2.38. The van der Waals surface area contributed by atoms with Gasteiger partial charge in [0.05, 0.1) is 25.1 Å². The molecule has 4 unspecified atom stereocenters. The number of hydrogen-bond donors (Lipinski definition) is 8. The summed E-state index contributed by atoms with van der Waals surface area (Å²) in [4.78, 5) is 56.6. The molecule has 0 aromatic heterocycles. The molecule has 0 rings (SSSR count). The standard InChI is InChI=1S/C13H22N4O8S/c1-5(18)10(12(23)16-7(4-26)13(24)25)17-8(19)3-15-11(22)6(14)2-9(20)21/h5-7,10,18,26H,2-4,14H2,1H3,(H,15,22)(H,16,23)(H,17,19)(H,20,21)(H,24,25). The third-order valence-electron chi connectivity index (χ3n) is 3.03. The molecule has 0 aromatic rings. The SMILES string of the molecule is CC(O)C(NC(=O)CNC(=O)C(N)CC(=O)O)C(=O)NC(CS)C(=O)O. The Bertz CT molecular complexity index is 556. The molecule has 4 atom stereocenters. The van der Waals surface area contributed by atoms with E-state index in [0.29, 0.717) is 0 Å². The first-order chi connectivity index (χ1) is 12.0. The summed E-state index contributed by atoms with van der Waals surface area (Å²) in [6.45, 7) is 0.569. The first kappa shape index (κ1) is 23.6. The van der Waals surface area contributed by atoms with Gasteiger partial charge in [-0.3, -0.25) is 19.2 Å². The smallest absolute Gasteiger partial charge is 0.327 e. The molecule has 0 saturated carbocycles. The van der Waals surface area contributed by atoms with E-state index in [4.69, 9.17) is 15.9 Å². The Morgan fingerprint density at radius 2 is 1.65 bits per heavy atom. The number of carboxylic acid groups (broad SMARTS) is 2. The Morgan fingerprint density at radius 1 is 1.08 bits per heavy atom. The van der Waals surface area contributed by atoms with Crippen molar-refractivity contribution in [1.82, 2.24) is 16.0 Å². The first-order valence-electron chi connectivity index (χ1n) is 7.36. The van der Waals surface area contributed by atoms with Crippen molar-refractivity contribution in [3.8, 4) is 0 Å². The van der Waals surface area contributed by atoms with Gasteiger partial charge in [-0.15, -0.1) is 0 Å². The van der Waals surface area contributed by atoms with Gasteiger partial charge in [0.2, 0.25) is 17.7 Å². The van der Waals surface area contributed by atoms with Crippen LogP contribution in [0.3, 0.4) is 0 Å². The number of nitrogens with two attached hydrogens (primary N) is 1. The predicted molar refractivity (Wildman–Crippen MR) is 90.3 cm³/mol. The van der Waals surface area contributed by atoms with E-state index in [1.807, 2.05) is 0 Å². The van der Waals surface area contributed by atoms with Crippen molar-refractivity contribution >= 4 is 42.3 Å². The van der Waals surface area contributed by atoms with Gasteiger partial charge in [-0.1, -0.05) is 0 Å². The summed E-state index contributed by atoms with van der Waals surface area (Å²) < 4.78 is 0. The quantitative estimate of drug-likeness (QED) is 0.162. The van der Waals surface area contributed by atoms with Gasteiger partial charge < -0.3 is 37.0 Å². The highest BCUT2D eigenvalue weighted by atomic mass is 32.1. The maximum atomic E-state index is 12.0. The van der Waals surface area contributed by atoms with Crippen LogP contribution < -0.4 is 21.7 Å². The molecule has 0 aliphatic carbocycles. The summed E-state index contributed by atoms with van der Waals surface area (Å²) in [6, 6.07) is -4.16. The van der Waals surface area contributed by atoms with Crippen LogP contribution in [0.15, 0.2) is 0 Å². The van der Waals surface area contributed by atoms with E-state index in [9.17, 15) is 29.1 Å². The Labute approximate surface area is 153 Å². The Morgan fingerprint density at radius 3 is 2.08 bits per heavy atom. The lowest BCUT2D eigenvalue weighted by atomic mass is 10.1. The van der Waals surface area contributed by atoms with E-state index < -0.39 is 66.9 Å². The second kappa shape index (κ2) is 11.3. The Kier molecular flexibility index (Phi) is 10.2. The summed E-state index contributed by atoms with van der Waals surface area (Å²) in [7, 11) is 0. The number of hydrogen-bond acceptors (Lipinski definition) is 8. The van der Waals surface area contributed by atoms with E-state index in [2.05, 4.69) is 28.6 Å². The molecule has 0 fully saturated rings. The molecule has 0 aliphatic rings. The van der Waals surface area contributed by atoms with E-state index >= 15 is 0 Å². The molecule has 0 aromatic carbocycles. The van der Waals surface area contributed by atoms with Gasteiger partial charge in [-0.05, 0) is 6.92 Å². The van der Waals surface area contributed by atoms with Crippen molar-refractivity contribution < 1.29 is 39.3 Å². The number of aliphatic hydroxyl groups excluding tert-OH is 1. The number of aliphatic hydroxyl groups is 1. The number of aliphatic carboxylic acids is 2. The number of carboxylic acids is 2. The topological polar surface area (TPSA) is 208 Å². The van der Waals surface area contributed by atoms with E-state index in [1.165, 1.54) is 6.92 Å². The van der Waals surface area contributed by atoms with Crippen LogP contribution >= 0.6 is 12.6 Å². The lowest BCUT2D eigenvalue weighted by Crippen LogP contribution is -2.57. The number of thiol groups is 1. The number of rotatable bonds is 11. The van der Waals surface area contributed by atoms with Crippen molar-refractivity contribution in [2.24, 2.45) is 5.73 Å². The number of carbonyl (C=O) groups is 5. The highest BCUT2D eigenvalue weighted by molar-refractivity contribution is 7.80. The van der Waals surface area contributed by atoms with Crippen LogP contribution in [0.25, 0.3) is 0 Å². The number of amides is 3. The predicted octanol–water partition coefficient (Wildman–Crippen LogP) is -3.73. The third-order valence-corrected chi connectivity index (χ3v) is 3.40. The van der Waals surface area contributed by atoms with Crippen LogP contribution in [-0.4, -0.2) is 81.5 Å². The molecule has 3 amide bonds. The molecular weight excluding hydrogens is 372 g/mol. The monoisotopic (exact) mass is 394 g/mol. The number of carbonyl (C=O) groups excluding carboxylic acids is 3. The van der Waals surface area contributed by atoms with Crippen LogP contribution in [0, 0.1) is 0 Å². The zero-order valence-corrected chi connectivity index (χ0v) is 14.7. The molecule has 0 spiro atoms. The largest absolute Gasteiger partial charge is 0.481 e. The summed E-state index contributed by atoms with van der Waals surface area (Å²) in [6.07, 6.45) is -2.00. The maximum absolute atomic E-state index is 12.0. The molecule has 12 nitrogen and oxygen atoms in total. The lowest BCUT2D eigenvalue weighted by Gasteiger charge is -2.23. The van der Waals surface area contributed by atoms with Gasteiger partial charge in [0.15, 0.2) is 0 Å². The van der Waals surface area contributed by atoms with Crippen LogP contribution in [-0.2, 0) is 24.0 Å².